The Hall–Kier alpha value is -1.88. The summed E-state index contributed by atoms with van der Waals surface area (Å²) in [5.74, 6) is 1.37. The van der Waals surface area contributed by atoms with Crippen LogP contribution in [0.1, 0.15) is 24.2 Å². The predicted molar refractivity (Wildman–Crippen MR) is 74.9 cm³/mol. The van der Waals surface area contributed by atoms with Gasteiger partial charge in [0.05, 0.1) is 6.61 Å². The van der Waals surface area contributed by atoms with Crippen molar-refractivity contribution in [3.05, 3.63) is 42.0 Å². The minimum atomic E-state index is 0.381. The van der Waals surface area contributed by atoms with Crippen molar-refractivity contribution in [3.63, 3.8) is 0 Å². The molecule has 0 aliphatic rings. The van der Waals surface area contributed by atoms with E-state index >= 15 is 0 Å². The van der Waals surface area contributed by atoms with Gasteiger partial charge in [-0.05, 0) is 23.6 Å². The Labute approximate surface area is 113 Å². The molecule has 0 bridgehead atoms. The van der Waals surface area contributed by atoms with Crippen LogP contribution in [0.2, 0.25) is 0 Å². The van der Waals surface area contributed by atoms with Crippen LogP contribution in [0.5, 0.6) is 0 Å². The van der Waals surface area contributed by atoms with Crippen LogP contribution < -0.4 is 5.73 Å². The Bertz CT molecular complexity index is 506. The molecule has 0 aliphatic carbocycles. The third kappa shape index (κ3) is 3.54. The van der Waals surface area contributed by atoms with E-state index in [1.54, 1.807) is 13.4 Å². The van der Waals surface area contributed by atoms with Crippen molar-refractivity contribution in [2.24, 2.45) is 0 Å². The smallest absolute Gasteiger partial charge is 0.133 e. The Morgan fingerprint density at radius 3 is 2.74 bits per heavy atom. The van der Waals surface area contributed by atoms with Gasteiger partial charge in [-0.2, -0.15) is 0 Å². The van der Waals surface area contributed by atoms with E-state index in [1.165, 1.54) is 5.56 Å². The first-order valence-electron chi connectivity index (χ1n) is 6.41. The van der Waals surface area contributed by atoms with E-state index in [-0.39, 0.29) is 0 Å². The molecule has 2 N–H and O–H groups in total. The standard InChI is InChI=1S/C14H20N4O/c1-11(12-3-5-13(15)6-4-12)9-14-17-16-10-18(14)7-8-19-2/h3-6,10-11H,7-9,15H2,1-2H3. The number of methoxy groups -OCH3 is 1. The van der Waals surface area contributed by atoms with E-state index in [0.29, 0.717) is 12.5 Å². The molecule has 0 saturated carbocycles. The molecule has 1 aromatic carbocycles. The van der Waals surface area contributed by atoms with Gasteiger partial charge in [-0.25, -0.2) is 0 Å². The van der Waals surface area contributed by atoms with Gasteiger partial charge < -0.3 is 15.0 Å². The maximum Gasteiger partial charge on any atom is 0.133 e. The van der Waals surface area contributed by atoms with Crippen molar-refractivity contribution in [2.75, 3.05) is 19.5 Å². The van der Waals surface area contributed by atoms with Crippen molar-refractivity contribution in [1.29, 1.82) is 0 Å². The number of nitrogens with two attached hydrogens (primary N) is 1. The molecule has 0 radical (unpaired) electrons. The molecule has 0 amide bonds. The number of aromatic nitrogens is 3. The van der Waals surface area contributed by atoms with Gasteiger partial charge in [0.1, 0.15) is 12.2 Å². The first-order valence-corrected chi connectivity index (χ1v) is 6.41. The summed E-state index contributed by atoms with van der Waals surface area (Å²) in [6.07, 6.45) is 2.61. The topological polar surface area (TPSA) is 66.0 Å². The number of benzene rings is 1. The summed E-state index contributed by atoms with van der Waals surface area (Å²) in [5, 5.41) is 8.16. The molecule has 102 valence electrons. The minimum absolute atomic E-state index is 0.381. The monoisotopic (exact) mass is 260 g/mol. The van der Waals surface area contributed by atoms with Crippen molar-refractivity contribution < 1.29 is 4.74 Å². The predicted octanol–water partition coefficient (Wildman–Crippen LogP) is 1.85. The molecule has 0 spiro atoms. The average molecular weight is 260 g/mol. The van der Waals surface area contributed by atoms with Crippen LogP contribution in [0.3, 0.4) is 0 Å². The lowest BCUT2D eigenvalue weighted by Crippen LogP contribution is -2.10. The molecule has 0 fully saturated rings. The van der Waals surface area contributed by atoms with Crippen molar-refractivity contribution >= 4 is 5.69 Å². The van der Waals surface area contributed by atoms with E-state index in [2.05, 4.69) is 29.3 Å². The highest BCUT2D eigenvalue weighted by Crippen LogP contribution is 2.20. The third-order valence-corrected chi connectivity index (χ3v) is 3.23. The number of rotatable bonds is 6. The van der Waals surface area contributed by atoms with Gasteiger partial charge in [0.15, 0.2) is 0 Å². The lowest BCUT2D eigenvalue weighted by atomic mass is 9.97. The molecule has 1 aromatic heterocycles. The first-order chi connectivity index (χ1) is 9.20. The summed E-state index contributed by atoms with van der Waals surface area (Å²) in [5.41, 5.74) is 7.75. The van der Waals surface area contributed by atoms with Crippen LogP contribution in [0.25, 0.3) is 0 Å². The fraction of sp³-hybridized carbons (Fsp3) is 0.429. The number of anilines is 1. The lowest BCUT2D eigenvalue weighted by molar-refractivity contribution is 0.186. The number of nitrogen functional groups attached to an aromatic ring is 1. The van der Waals surface area contributed by atoms with Crippen LogP contribution in [0, 0.1) is 0 Å². The summed E-state index contributed by atoms with van der Waals surface area (Å²) in [7, 11) is 1.70. The highest BCUT2D eigenvalue weighted by atomic mass is 16.5. The molecule has 2 rings (SSSR count). The van der Waals surface area contributed by atoms with Gasteiger partial charge in [-0.3, -0.25) is 0 Å². The van der Waals surface area contributed by atoms with E-state index in [4.69, 9.17) is 10.5 Å². The zero-order valence-corrected chi connectivity index (χ0v) is 11.4. The molecule has 1 atom stereocenters. The van der Waals surface area contributed by atoms with Crippen molar-refractivity contribution in [1.82, 2.24) is 14.8 Å². The third-order valence-electron chi connectivity index (χ3n) is 3.23. The minimum Gasteiger partial charge on any atom is -0.399 e. The van der Waals surface area contributed by atoms with Gasteiger partial charge in [-0.15, -0.1) is 10.2 Å². The van der Waals surface area contributed by atoms with Crippen LogP contribution >= 0.6 is 0 Å². The Kier molecular flexibility index (Phi) is 4.52. The van der Waals surface area contributed by atoms with E-state index in [1.807, 2.05) is 16.7 Å². The summed E-state index contributed by atoms with van der Waals surface area (Å²) < 4.78 is 7.12. The molecule has 2 aromatic rings. The Balaban J connectivity index is 2.04. The zero-order chi connectivity index (χ0) is 13.7. The summed E-state index contributed by atoms with van der Waals surface area (Å²) in [6, 6.07) is 7.99. The van der Waals surface area contributed by atoms with Crippen LogP contribution in [-0.2, 0) is 17.7 Å². The number of ether oxygens (including phenoxy) is 1. The maximum atomic E-state index is 5.70. The summed E-state index contributed by atoms with van der Waals surface area (Å²) >= 11 is 0. The number of hydrogen-bond acceptors (Lipinski definition) is 4. The van der Waals surface area contributed by atoms with Crippen molar-refractivity contribution in [2.45, 2.75) is 25.8 Å². The number of hydrogen-bond donors (Lipinski definition) is 1. The molecule has 5 nitrogen and oxygen atoms in total. The van der Waals surface area contributed by atoms with E-state index in [0.717, 1.165) is 24.5 Å². The maximum absolute atomic E-state index is 5.70. The fourth-order valence-electron chi connectivity index (χ4n) is 2.03. The molecular formula is C14H20N4O. The second kappa shape index (κ2) is 6.33. The molecule has 0 saturated heterocycles. The van der Waals surface area contributed by atoms with E-state index < -0.39 is 0 Å². The Morgan fingerprint density at radius 1 is 1.32 bits per heavy atom. The highest BCUT2D eigenvalue weighted by molar-refractivity contribution is 5.40. The van der Waals surface area contributed by atoms with Crippen molar-refractivity contribution in [3.8, 4) is 0 Å². The zero-order valence-electron chi connectivity index (χ0n) is 11.4. The van der Waals surface area contributed by atoms with Gasteiger partial charge in [0.2, 0.25) is 0 Å². The van der Waals surface area contributed by atoms with Gasteiger partial charge >= 0.3 is 0 Å². The van der Waals surface area contributed by atoms with Crippen LogP contribution in [0.15, 0.2) is 30.6 Å². The molecule has 19 heavy (non-hydrogen) atoms. The molecule has 0 aliphatic heterocycles. The first kappa shape index (κ1) is 13.5. The summed E-state index contributed by atoms with van der Waals surface area (Å²) in [4.78, 5) is 0. The SMILES string of the molecule is COCCn1cnnc1CC(C)c1ccc(N)cc1. The second-order valence-corrected chi connectivity index (χ2v) is 4.71. The highest BCUT2D eigenvalue weighted by Gasteiger charge is 2.11. The van der Waals surface area contributed by atoms with Gasteiger partial charge in [0.25, 0.3) is 0 Å². The largest absolute Gasteiger partial charge is 0.399 e. The Morgan fingerprint density at radius 2 is 2.05 bits per heavy atom. The molecule has 1 heterocycles. The summed E-state index contributed by atoms with van der Waals surface area (Å²) in [6.45, 7) is 3.63. The molecule has 5 heteroatoms. The second-order valence-electron chi connectivity index (χ2n) is 4.71. The quantitative estimate of drug-likeness (QED) is 0.805. The average Bonchev–Trinajstić information content (AvgIpc) is 2.84. The molecule has 1 unspecified atom stereocenters. The van der Waals surface area contributed by atoms with Gasteiger partial charge in [0, 0.05) is 25.8 Å². The van der Waals surface area contributed by atoms with Crippen LogP contribution in [-0.4, -0.2) is 28.5 Å². The number of nitrogens with zero attached hydrogens (tertiary/aromatic N) is 3. The van der Waals surface area contributed by atoms with Crippen LogP contribution in [0.4, 0.5) is 5.69 Å². The lowest BCUT2D eigenvalue weighted by Gasteiger charge is -2.12. The fourth-order valence-corrected chi connectivity index (χ4v) is 2.03. The van der Waals surface area contributed by atoms with E-state index in [9.17, 15) is 0 Å². The molecular weight excluding hydrogens is 240 g/mol. The normalized spacial score (nSPS) is 12.5. The van der Waals surface area contributed by atoms with Gasteiger partial charge in [-0.1, -0.05) is 19.1 Å².